The number of hydrogen-bond acceptors (Lipinski definition) is 1. The lowest BCUT2D eigenvalue weighted by atomic mass is 9.48. The van der Waals surface area contributed by atoms with Crippen molar-refractivity contribution >= 4 is 6.21 Å². The van der Waals surface area contributed by atoms with E-state index in [-0.39, 0.29) is 0 Å². The van der Waals surface area contributed by atoms with Crippen molar-refractivity contribution in [3.8, 4) is 12.3 Å². The predicted molar refractivity (Wildman–Crippen MR) is 191 cm³/mol. The summed E-state index contributed by atoms with van der Waals surface area (Å²) < 4.78 is 0. The van der Waals surface area contributed by atoms with Gasteiger partial charge < -0.3 is 0 Å². The molecule has 0 aromatic heterocycles. The maximum atomic E-state index is 5.03. The Balaban J connectivity index is 0. The molecule has 4 rings (SSSR count). The molecule has 4 fully saturated rings. The van der Waals surface area contributed by atoms with E-state index in [1.807, 2.05) is 48.5 Å². The van der Waals surface area contributed by atoms with Gasteiger partial charge in [0.1, 0.15) is 0 Å². The third kappa shape index (κ3) is 12.2. The molecule has 0 N–H and O–H groups in total. The number of terminal acetylenes is 1. The van der Waals surface area contributed by atoms with Gasteiger partial charge in [-0.25, -0.2) is 0 Å². The highest BCUT2D eigenvalue weighted by Crippen LogP contribution is 2.65. The van der Waals surface area contributed by atoms with Crippen LogP contribution in [0.3, 0.4) is 0 Å². The van der Waals surface area contributed by atoms with Crippen molar-refractivity contribution in [3.05, 3.63) is 11.6 Å². The average molecular weight is 572 g/mol. The van der Waals surface area contributed by atoms with Crippen LogP contribution in [-0.2, 0) is 0 Å². The van der Waals surface area contributed by atoms with Gasteiger partial charge >= 0.3 is 0 Å². The highest BCUT2D eigenvalue weighted by molar-refractivity contribution is 5.73. The fraction of sp³-hybridized carbons (Fsp3) is 0.875. The Kier molecular flexibility index (Phi) is 24.1. The van der Waals surface area contributed by atoms with E-state index in [2.05, 4.69) is 52.5 Å². The Hall–Kier alpha value is -1.03. The van der Waals surface area contributed by atoms with Gasteiger partial charge in [-0.1, -0.05) is 115 Å². The average Bonchev–Trinajstić information content (AvgIpc) is 3.35. The van der Waals surface area contributed by atoms with Crippen molar-refractivity contribution in [2.75, 3.05) is 7.05 Å². The van der Waals surface area contributed by atoms with Crippen molar-refractivity contribution in [2.45, 2.75) is 173 Å². The van der Waals surface area contributed by atoms with E-state index in [0.29, 0.717) is 5.41 Å². The fourth-order valence-electron chi connectivity index (χ4n) is 8.67. The lowest BCUT2D eigenvalue weighted by Crippen LogP contribution is -2.49. The Morgan fingerprint density at radius 3 is 1.93 bits per heavy atom. The molecule has 4 saturated carbocycles. The first-order valence-corrected chi connectivity index (χ1v) is 18.3. The Labute approximate surface area is 261 Å². The van der Waals surface area contributed by atoms with Gasteiger partial charge in [-0.05, 0) is 117 Å². The Morgan fingerprint density at radius 1 is 0.829 bits per heavy atom. The molecule has 0 amide bonds. The van der Waals surface area contributed by atoms with Crippen molar-refractivity contribution < 1.29 is 0 Å². The molecule has 0 radical (unpaired) electrons. The number of hydrogen-bond donors (Lipinski definition) is 0. The van der Waals surface area contributed by atoms with Crippen LogP contribution in [0.4, 0.5) is 0 Å². The molecule has 242 valence electrons. The highest BCUT2D eigenvalue weighted by atomic mass is 14.6. The Morgan fingerprint density at radius 2 is 1.41 bits per heavy atom. The zero-order chi connectivity index (χ0) is 32.1. The fourth-order valence-corrected chi connectivity index (χ4v) is 8.67. The van der Waals surface area contributed by atoms with Crippen LogP contribution in [0.2, 0.25) is 0 Å². The van der Waals surface area contributed by atoms with Gasteiger partial charge in [0.15, 0.2) is 0 Å². The molecule has 0 spiro atoms. The smallest absolute Gasteiger partial charge is 0.0277 e. The third-order valence-corrected chi connectivity index (χ3v) is 10.7. The molecule has 4 aliphatic carbocycles. The summed E-state index contributed by atoms with van der Waals surface area (Å²) in [6.07, 6.45) is 28.2. The first-order valence-electron chi connectivity index (χ1n) is 18.3. The highest BCUT2D eigenvalue weighted by Gasteiger charge is 2.56. The molecule has 0 aromatic carbocycles. The normalized spacial score (nSPS) is 34.8. The van der Waals surface area contributed by atoms with Gasteiger partial charge in [-0.3, -0.25) is 4.99 Å². The van der Waals surface area contributed by atoms with Gasteiger partial charge in [0.05, 0.1) is 0 Å². The van der Waals surface area contributed by atoms with E-state index >= 15 is 0 Å². The van der Waals surface area contributed by atoms with Gasteiger partial charge in [-0.15, -0.1) is 6.42 Å². The van der Waals surface area contributed by atoms with Crippen LogP contribution < -0.4 is 0 Å². The molecule has 0 bridgehead atoms. The van der Waals surface area contributed by atoms with Crippen LogP contribution in [0.25, 0.3) is 0 Å². The first kappa shape index (κ1) is 42.1. The summed E-state index contributed by atoms with van der Waals surface area (Å²) in [6.45, 7) is 28.2. The summed E-state index contributed by atoms with van der Waals surface area (Å²) in [6, 6.07) is 0. The van der Waals surface area contributed by atoms with Crippen LogP contribution in [0.5, 0.6) is 0 Å². The second-order valence-corrected chi connectivity index (χ2v) is 13.1. The molecule has 0 heterocycles. The standard InChI is InChI=1S/C24H42.C7H9N.C3H8.3C2H6/c1-5-7-18-9-11-22-21-10-8-17-16-23(3,6-2)14-12-19(17)20(21)13-15-24(18,22)4;1-4-7(2)5-6-8-3;1-3-2;3*1-2/h17-22H,5-16H2,1-4H3;1,5-6H,2-3H3;3H2,1-2H3;3*1-2H3/b;7-5+,8-6?;;;;/t17?,18?,19?,20?,21?,22?,23-,24?;;;;;/m0...../s1. The number of rotatable bonds is 4. The van der Waals surface area contributed by atoms with Gasteiger partial charge in [0.2, 0.25) is 0 Å². The van der Waals surface area contributed by atoms with Crippen molar-refractivity contribution in [1.29, 1.82) is 0 Å². The van der Waals surface area contributed by atoms with E-state index < -0.39 is 0 Å². The quantitative estimate of drug-likeness (QED) is 0.235. The molecule has 41 heavy (non-hydrogen) atoms. The lowest BCUT2D eigenvalue weighted by Gasteiger charge is -2.57. The van der Waals surface area contributed by atoms with E-state index in [9.17, 15) is 0 Å². The zero-order valence-electron chi connectivity index (χ0n) is 30.8. The summed E-state index contributed by atoms with van der Waals surface area (Å²) in [5.41, 5.74) is 2.29. The maximum Gasteiger partial charge on any atom is 0.0277 e. The minimum absolute atomic E-state index is 0.677. The summed E-state index contributed by atoms with van der Waals surface area (Å²) >= 11 is 0. The maximum absolute atomic E-state index is 5.03. The van der Waals surface area contributed by atoms with Gasteiger partial charge in [0.25, 0.3) is 0 Å². The second kappa shape index (κ2) is 23.4. The molecule has 1 heteroatoms. The molecule has 4 aliphatic rings. The van der Waals surface area contributed by atoms with Gasteiger partial charge in [0, 0.05) is 18.8 Å². The summed E-state index contributed by atoms with van der Waals surface area (Å²) in [4.78, 5) is 3.73. The lowest BCUT2D eigenvalue weighted by molar-refractivity contribution is -0.0789. The molecular weight excluding hydrogens is 494 g/mol. The number of aliphatic imine (C=N–C) groups is 1. The van der Waals surface area contributed by atoms with Crippen LogP contribution in [0, 0.1) is 58.7 Å². The number of nitrogens with zero attached hydrogens (tertiary/aromatic N) is 1. The molecular formula is C40H77N. The van der Waals surface area contributed by atoms with Crippen LogP contribution >= 0.6 is 0 Å². The van der Waals surface area contributed by atoms with Crippen molar-refractivity contribution in [1.82, 2.24) is 0 Å². The molecule has 0 aliphatic heterocycles. The monoisotopic (exact) mass is 572 g/mol. The molecule has 0 aromatic rings. The Bertz CT molecular complexity index is 726. The summed E-state index contributed by atoms with van der Waals surface area (Å²) in [5, 5.41) is 0. The zero-order valence-corrected chi connectivity index (χ0v) is 30.8. The topological polar surface area (TPSA) is 12.4 Å². The van der Waals surface area contributed by atoms with Crippen LogP contribution in [-0.4, -0.2) is 13.3 Å². The minimum atomic E-state index is 0.677. The molecule has 0 saturated heterocycles. The third-order valence-electron chi connectivity index (χ3n) is 10.7. The molecule has 7 unspecified atom stereocenters. The predicted octanol–water partition coefficient (Wildman–Crippen LogP) is 13.2. The molecule has 8 atom stereocenters. The minimum Gasteiger partial charge on any atom is -0.296 e. The van der Waals surface area contributed by atoms with Crippen molar-refractivity contribution in [3.63, 3.8) is 0 Å². The first-order chi connectivity index (χ1) is 19.7. The second-order valence-electron chi connectivity index (χ2n) is 13.1. The number of fused-ring (bicyclic) bond motifs is 5. The SMILES string of the molecule is C#C/C(C)=C/C=NC.CC.CC.CC.CCC.CCCC1CCC2C3CCC4C[C@@](C)(CC)CCC4C3CCC12C. The van der Waals surface area contributed by atoms with E-state index in [4.69, 9.17) is 6.42 Å². The van der Waals surface area contributed by atoms with E-state index in [1.165, 1.54) is 32.1 Å². The molecule has 1 nitrogen and oxygen atoms in total. The largest absolute Gasteiger partial charge is 0.296 e. The number of allylic oxidation sites excluding steroid dienone is 2. The van der Waals surface area contributed by atoms with Crippen LogP contribution in [0.1, 0.15) is 173 Å². The van der Waals surface area contributed by atoms with E-state index in [1.54, 1.807) is 70.7 Å². The van der Waals surface area contributed by atoms with E-state index in [0.717, 1.165) is 46.5 Å². The van der Waals surface area contributed by atoms with Crippen molar-refractivity contribution in [2.24, 2.45) is 51.3 Å². The summed E-state index contributed by atoms with van der Waals surface area (Å²) in [7, 11) is 1.71. The summed E-state index contributed by atoms with van der Waals surface area (Å²) in [5.74, 6) is 9.04. The van der Waals surface area contributed by atoms with Crippen LogP contribution in [0.15, 0.2) is 16.6 Å². The van der Waals surface area contributed by atoms with Gasteiger partial charge in [-0.2, -0.15) is 0 Å².